The fourth-order valence-corrected chi connectivity index (χ4v) is 2.90. The standard InChI is InChI=1S/C16H29N5S/c1-5-21-12-15(14(4)18-21)11-19-6-8-20(9-7-19)16(22)17-10-13(2)3/h12-13H,5-11H2,1-4H3,(H,17,22). The lowest BCUT2D eigenvalue weighted by atomic mass is 10.2. The molecule has 1 aliphatic heterocycles. The van der Waals surface area contributed by atoms with E-state index in [1.165, 1.54) is 5.56 Å². The Balaban J connectivity index is 1.79. The Bertz CT molecular complexity index is 489. The van der Waals surface area contributed by atoms with Gasteiger partial charge in [-0.15, -0.1) is 0 Å². The molecule has 1 fully saturated rings. The maximum atomic E-state index is 5.48. The number of aromatic nitrogens is 2. The molecule has 1 aromatic rings. The van der Waals surface area contributed by atoms with Gasteiger partial charge in [0.1, 0.15) is 0 Å². The van der Waals surface area contributed by atoms with Gasteiger partial charge in [-0.05, 0) is 32.0 Å². The zero-order valence-electron chi connectivity index (χ0n) is 14.3. The van der Waals surface area contributed by atoms with E-state index in [-0.39, 0.29) is 0 Å². The summed E-state index contributed by atoms with van der Waals surface area (Å²) in [6, 6.07) is 0. The molecule has 6 heteroatoms. The first kappa shape index (κ1) is 17.2. The van der Waals surface area contributed by atoms with Gasteiger partial charge in [0.05, 0.1) is 5.69 Å². The molecule has 0 bridgehead atoms. The molecule has 0 saturated carbocycles. The molecule has 0 atom stereocenters. The number of nitrogens with one attached hydrogen (secondary N) is 1. The molecule has 1 saturated heterocycles. The quantitative estimate of drug-likeness (QED) is 0.837. The predicted molar refractivity (Wildman–Crippen MR) is 94.9 cm³/mol. The molecule has 0 radical (unpaired) electrons. The Hall–Kier alpha value is -1.14. The normalized spacial score (nSPS) is 16.3. The van der Waals surface area contributed by atoms with E-state index in [4.69, 9.17) is 12.2 Å². The van der Waals surface area contributed by atoms with Crippen LogP contribution in [0.3, 0.4) is 0 Å². The van der Waals surface area contributed by atoms with E-state index in [9.17, 15) is 0 Å². The number of rotatable bonds is 5. The van der Waals surface area contributed by atoms with Crippen LogP contribution >= 0.6 is 12.2 Å². The van der Waals surface area contributed by atoms with Crippen molar-refractivity contribution in [2.45, 2.75) is 40.8 Å². The topological polar surface area (TPSA) is 36.3 Å². The van der Waals surface area contributed by atoms with Crippen LogP contribution in [-0.4, -0.2) is 57.4 Å². The number of hydrogen-bond donors (Lipinski definition) is 1. The summed E-state index contributed by atoms with van der Waals surface area (Å²) in [6.07, 6.45) is 2.18. The Morgan fingerprint density at radius 2 is 2.00 bits per heavy atom. The monoisotopic (exact) mass is 323 g/mol. The van der Waals surface area contributed by atoms with Gasteiger partial charge < -0.3 is 10.2 Å². The first-order valence-electron chi connectivity index (χ1n) is 8.27. The maximum Gasteiger partial charge on any atom is 0.169 e. The molecule has 0 spiro atoms. The predicted octanol–water partition coefficient (Wildman–Crippen LogP) is 1.86. The van der Waals surface area contributed by atoms with Gasteiger partial charge in [-0.25, -0.2) is 0 Å². The van der Waals surface area contributed by atoms with Crippen molar-refractivity contribution < 1.29 is 0 Å². The maximum absolute atomic E-state index is 5.48. The van der Waals surface area contributed by atoms with Gasteiger partial charge in [0.2, 0.25) is 0 Å². The highest BCUT2D eigenvalue weighted by molar-refractivity contribution is 7.80. The van der Waals surface area contributed by atoms with E-state index < -0.39 is 0 Å². The van der Waals surface area contributed by atoms with Crippen molar-refractivity contribution in [3.8, 4) is 0 Å². The van der Waals surface area contributed by atoms with Crippen molar-refractivity contribution in [1.82, 2.24) is 24.9 Å². The molecule has 5 nitrogen and oxygen atoms in total. The summed E-state index contributed by atoms with van der Waals surface area (Å²) in [5.41, 5.74) is 2.49. The van der Waals surface area contributed by atoms with Crippen LogP contribution < -0.4 is 5.32 Å². The van der Waals surface area contributed by atoms with Crippen molar-refractivity contribution in [2.24, 2.45) is 5.92 Å². The first-order valence-corrected chi connectivity index (χ1v) is 8.68. The molecule has 22 heavy (non-hydrogen) atoms. The van der Waals surface area contributed by atoms with Gasteiger partial charge in [-0.3, -0.25) is 9.58 Å². The first-order chi connectivity index (χ1) is 10.5. The second kappa shape index (κ2) is 7.92. The van der Waals surface area contributed by atoms with E-state index in [0.29, 0.717) is 5.92 Å². The summed E-state index contributed by atoms with van der Waals surface area (Å²) in [4.78, 5) is 4.78. The van der Waals surface area contributed by atoms with Crippen molar-refractivity contribution in [2.75, 3.05) is 32.7 Å². The minimum atomic E-state index is 0.623. The van der Waals surface area contributed by atoms with Crippen molar-refractivity contribution >= 4 is 17.3 Å². The van der Waals surface area contributed by atoms with Crippen LogP contribution in [0.4, 0.5) is 0 Å². The van der Waals surface area contributed by atoms with E-state index in [1.807, 2.05) is 4.68 Å². The summed E-state index contributed by atoms with van der Waals surface area (Å²) in [5.74, 6) is 0.623. The van der Waals surface area contributed by atoms with E-state index in [1.54, 1.807) is 0 Å². The molecule has 1 N–H and O–H groups in total. The summed E-state index contributed by atoms with van der Waals surface area (Å²) in [6.45, 7) is 15.6. The van der Waals surface area contributed by atoms with E-state index in [2.05, 4.69) is 54.1 Å². The number of aryl methyl sites for hydroxylation is 2. The third-order valence-corrected chi connectivity index (χ3v) is 4.49. The van der Waals surface area contributed by atoms with Gasteiger partial charge in [0, 0.05) is 57.6 Å². The molecule has 1 aliphatic rings. The zero-order chi connectivity index (χ0) is 16.1. The number of nitrogens with zero attached hydrogens (tertiary/aromatic N) is 4. The summed E-state index contributed by atoms with van der Waals surface area (Å²) in [5, 5.41) is 8.80. The minimum absolute atomic E-state index is 0.623. The lowest BCUT2D eigenvalue weighted by molar-refractivity contribution is 0.174. The smallest absolute Gasteiger partial charge is 0.169 e. The highest BCUT2D eigenvalue weighted by atomic mass is 32.1. The largest absolute Gasteiger partial charge is 0.362 e. The van der Waals surface area contributed by atoms with Crippen LogP contribution in [0.1, 0.15) is 32.0 Å². The van der Waals surface area contributed by atoms with E-state index in [0.717, 1.165) is 56.6 Å². The number of hydrogen-bond acceptors (Lipinski definition) is 3. The Morgan fingerprint density at radius 3 is 2.55 bits per heavy atom. The molecular weight excluding hydrogens is 294 g/mol. The van der Waals surface area contributed by atoms with Crippen LogP contribution in [0.15, 0.2) is 6.20 Å². The van der Waals surface area contributed by atoms with Crippen molar-refractivity contribution in [1.29, 1.82) is 0 Å². The van der Waals surface area contributed by atoms with Crippen LogP contribution in [0.25, 0.3) is 0 Å². The van der Waals surface area contributed by atoms with Crippen molar-refractivity contribution in [3.63, 3.8) is 0 Å². The average molecular weight is 324 g/mol. The zero-order valence-corrected chi connectivity index (χ0v) is 15.1. The summed E-state index contributed by atoms with van der Waals surface area (Å²) >= 11 is 5.48. The molecule has 0 unspecified atom stereocenters. The molecule has 1 aromatic heterocycles. The SMILES string of the molecule is CCn1cc(CN2CCN(C(=S)NCC(C)C)CC2)c(C)n1. The lowest BCUT2D eigenvalue weighted by Crippen LogP contribution is -2.51. The fraction of sp³-hybridized carbons (Fsp3) is 0.750. The average Bonchev–Trinajstić information content (AvgIpc) is 2.86. The van der Waals surface area contributed by atoms with Gasteiger partial charge in [0.15, 0.2) is 5.11 Å². The fourth-order valence-electron chi connectivity index (χ4n) is 2.63. The molecular formula is C16H29N5S. The third kappa shape index (κ3) is 4.68. The lowest BCUT2D eigenvalue weighted by Gasteiger charge is -2.36. The van der Waals surface area contributed by atoms with Crippen LogP contribution in [0, 0.1) is 12.8 Å². The number of piperazine rings is 1. The molecule has 0 aliphatic carbocycles. The summed E-state index contributed by atoms with van der Waals surface area (Å²) in [7, 11) is 0. The highest BCUT2D eigenvalue weighted by Crippen LogP contribution is 2.12. The highest BCUT2D eigenvalue weighted by Gasteiger charge is 2.20. The molecule has 2 rings (SSSR count). The molecule has 0 amide bonds. The van der Waals surface area contributed by atoms with Gasteiger partial charge in [-0.1, -0.05) is 13.8 Å². The van der Waals surface area contributed by atoms with Gasteiger partial charge >= 0.3 is 0 Å². The Labute approximate surface area is 139 Å². The van der Waals surface area contributed by atoms with Crippen LogP contribution in [0.5, 0.6) is 0 Å². The second-order valence-corrected chi connectivity index (χ2v) is 6.83. The third-order valence-electron chi connectivity index (χ3n) is 4.09. The molecule has 124 valence electrons. The van der Waals surface area contributed by atoms with Crippen LogP contribution in [-0.2, 0) is 13.1 Å². The van der Waals surface area contributed by atoms with Gasteiger partial charge in [0.25, 0.3) is 0 Å². The van der Waals surface area contributed by atoms with Crippen molar-refractivity contribution in [3.05, 3.63) is 17.5 Å². The van der Waals surface area contributed by atoms with Gasteiger partial charge in [-0.2, -0.15) is 5.10 Å². The Morgan fingerprint density at radius 1 is 1.32 bits per heavy atom. The van der Waals surface area contributed by atoms with Crippen LogP contribution in [0.2, 0.25) is 0 Å². The Kier molecular flexibility index (Phi) is 6.20. The van der Waals surface area contributed by atoms with E-state index >= 15 is 0 Å². The number of thiocarbonyl (C=S) groups is 1. The molecule has 0 aromatic carbocycles. The second-order valence-electron chi connectivity index (χ2n) is 6.44. The summed E-state index contributed by atoms with van der Waals surface area (Å²) < 4.78 is 2.02. The minimum Gasteiger partial charge on any atom is -0.362 e. The molecule has 2 heterocycles.